The van der Waals surface area contributed by atoms with Gasteiger partial charge in [-0.2, -0.15) is 13.2 Å². The maximum atomic E-state index is 12.6. The van der Waals surface area contributed by atoms with Crippen molar-refractivity contribution in [1.29, 1.82) is 0 Å². The SMILES string of the molecule is CC(C)(C)C(=O)NC(C#Cc1ccc(C(F)(F)F)cc1)c1ccccc1. The number of carbonyl (C=O) groups excluding carboxylic acids is 1. The van der Waals surface area contributed by atoms with E-state index in [4.69, 9.17) is 0 Å². The third-order valence-electron chi connectivity index (χ3n) is 3.66. The fourth-order valence-electron chi connectivity index (χ4n) is 2.09. The summed E-state index contributed by atoms with van der Waals surface area (Å²) < 4.78 is 37.9. The number of benzene rings is 2. The highest BCUT2D eigenvalue weighted by molar-refractivity contribution is 5.82. The minimum atomic E-state index is -4.38. The number of rotatable bonds is 2. The molecule has 0 aliphatic rings. The second-order valence-electron chi connectivity index (χ2n) is 6.91. The van der Waals surface area contributed by atoms with E-state index < -0.39 is 23.2 Å². The van der Waals surface area contributed by atoms with Crippen molar-refractivity contribution in [3.8, 4) is 11.8 Å². The van der Waals surface area contributed by atoms with E-state index in [0.29, 0.717) is 5.56 Å². The Balaban J connectivity index is 2.28. The number of halogens is 3. The lowest BCUT2D eigenvalue weighted by molar-refractivity contribution is -0.137. The highest BCUT2D eigenvalue weighted by atomic mass is 19.4. The molecule has 0 heterocycles. The molecule has 26 heavy (non-hydrogen) atoms. The summed E-state index contributed by atoms with van der Waals surface area (Å²) >= 11 is 0. The van der Waals surface area contributed by atoms with Gasteiger partial charge in [0.1, 0.15) is 6.04 Å². The smallest absolute Gasteiger partial charge is 0.338 e. The molecule has 0 fully saturated rings. The largest absolute Gasteiger partial charge is 0.416 e. The van der Waals surface area contributed by atoms with Crippen LogP contribution in [0.5, 0.6) is 0 Å². The van der Waals surface area contributed by atoms with E-state index in [1.165, 1.54) is 12.1 Å². The zero-order chi connectivity index (χ0) is 19.4. The zero-order valence-electron chi connectivity index (χ0n) is 14.8. The van der Waals surface area contributed by atoms with Crippen LogP contribution in [0.15, 0.2) is 54.6 Å². The summed E-state index contributed by atoms with van der Waals surface area (Å²) in [5, 5.41) is 2.89. The molecule has 0 aliphatic heterocycles. The minimum absolute atomic E-state index is 0.159. The zero-order valence-corrected chi connectivity index (χ0v) is 14.8. The molecular weight excluding hydrogens is 339 g/mol. The number of hydrogen-bond acceptors (Lipinski definition) is 1. The van der Waals surface area contributed by atoms with Crippen molar-refractivity contribution in [2.24, 2.45) is 5.41 Å². The van der Waals surface area contributed by atoms with E-state index in [1.807, 2.05) is 30.3 Å². The highest BCUT2D eigenvalue weighted by Gasteiger charge is 2.29. The molecule has 2 rings (SSSR count). The van der Waals surface area contributed by atoms with Crippen molar-refractivity contribution >= 4 is 5.91 Å². The Labute approximate surface area is 151 Å². The van der Waals surface area contributed by atoms with Crippen LogP contribution < -0.4 is 5.32 Å². The van der Waals surface area contributed by atoms with Gasteiger partial charge in [-0.25, -0.2) is 0 Å². The molecule has 0 aliphatic carbocycles. The topological polar surface area (TPSA) is 29.1 Å². The molecule has 1 unspecified atom stereocenters. The summed E-state index contributed by atoms with van der Waals surface area (Å²) in [5.74, 6) is 5.64. The van der Waals surface area contributed by atoms with E-state index in [-0.39, 0.29) is 5.91 Å². The molecule has 0 radical (unpaired) electrons. The van der Waals surface area contributed by atoms with E-state index in [0.717, 1.165) is 17.7 Å². The number of amides is 1. The van der Waals surface area contributed by atoms with Crippen LogP contribution in [0.2, 0.25) is 0 Å². The highest BCUT2D eigenvalue weighted by Crippen LogP contribution is 2.29. The van der Waals surface area contributed by atoms with Gasteiger partial charge in [-0.1, -0.05) is 62.9 Å². The van der Waals surface area contributed by atoms with Crippen molar-refractivity contribution in [1.82, 2.24) is 5.32 Å². The predicted octanol–water partition coefficient (Wildman–Crippen LogP) is 4.96. The monoisotopic (exact) mass is 359 g/mol. The molecule has 5 heteroatoms. The average molecular weight is 359 g/mol. The van der Waals surface area contributed by atoms with E-state index in [9.17, 15) is 18.0 Å². The molecule has 0 saturated heterocycles. The predicted molar refractivity (Wildman–Crippen MR) is 95.1 cm³/mol. The van der Waals surface area contributed by atoms with Crippen LogP contribution in [0, 0.1) is 17.3 Å². The second kappa shape index (κ2) is 7.65. The summed E-state index contributed by atoms with van der Waals surface area (Å²) in [6.07, 6.45) is -4.38. The maximum Gasteiger partial charge on any atom is 0.416 e. The van der Waals surface area contributed by atoms with Gasteiger partial charge in [0, 0.05) is 11.0 Å². The van der Waals surface area contributed by atoms with Crippen LogP contribution in [0.3, 0.4) is 0 Å². The van der Waals surface area contributed by atoms with Gasteiger partial charge in [0.15, 0.2) is 0 Å². The van der Waals surface area contributed by atoms with E-state index >= 15 is 0 Å². The van der Waals surface area contributed by atoms with Crippen molar-refractivity contribution < 1.29 is 18.0 Å². The molecule has 2 nitrogen and oxygen atoms in total. The quantitative estimate of drug-likeness (QED) is 0.755. The van der Waals surface area contributed by atoms with E-state index in [1.54, 1.807) is 20.8 Å². The number of hydrogen-bond donors (Lipinski definition) is 1. The van der Waals surface area contributed by atoms with Gasteiger partial charge in [-0.3, -0.25) is 4.79 Å². The van der Waals surface area contributed by atoms with Gasteiger partial charge < -0.3 is 5.32 Å². The Kier molecular flexibility index (Phi) is 5.76. The fraction of sp³-hybridized carbons (Fsp3) is 0.286. The Morgan fingerprint density at radius 3 is 2.04 bits per heavy atom. The van der Waals surface area contributed by atoms with Crippen LogP contribution in [0.25, 0.3) is 0 Å². The van der Waals surface area contributed by atoms with Crippen molar-refractivity contribution in [3.63, 3.8) is 0 Å². The van der Waals surface area contributed by atoms with Crippen LogP contribution >= 0.6 is 0 Å². The minimum Gasteiger partial charge on any atom is -0.338 e. The van der Waals surface area contributed by atoms with Crippen LogP contribution in [-0.4, -0.2) is 5.91 Å². The first-order valence-corrected chi connectivity index (χ1v) is 8.12. The molecule has 2 aromatic rings. The van der Waals surface area contributed by atoms with Gasteiger partial charge in [0.25, 0.3) is 0 Å². The number of alkyl halides is 3. The molecule has 1 atom stereocenters. The molecule has 0 saturated carbocycles. The standard InChI is InChI=1S/C21H20F3NO/c1-20(2,3)19(26)25-18(16-7-5-4-6-8-16)14-11-15-9-12-17(13-10-15)21(22,23)24/h4-10,12-13,18H,1-3H3,(H,25,26). The van der Waals surface area contributed by atoms with Crippen molar-refractivity contribution in [3.05, 3.63) is 71.3 Å². The fourth-order valence-corrected chi connectivity index (χ4v) is 2.09. The van der Waals surface area contributed by atoms with Gasteiger partial charge in [-0.05, 0) is 29.8 Å². The third kappa shape index (κ3) is 5.38. The maximum absolute atomic E-state index is 12.6. The summed E-state index contributed by atoms with van der Waals surface area (Å²) in [6, 6.07) is 13.3. The van der Waals surface area contributed by atoms with Gasteiger partial charge >= 0.3 is 6.18 Å². The lowest BCUT2D eigenvalue weighted by atomic mass is 9.94. The molecule has 136 valence electrons. The van der Waals surface area contributed by atoms with Crippen LogP contribution in [-0.2, 0) is 11.0 Å². The molecular formula is C21H20F3NO. The Morgan fingerprint density at radius 1 is 0.962 bits per heavy atom. The van der Waals surface area contributed by atoms with Gasteiger partial charge in [0.05, 0.1) is 5.56 Å². The average Bonchev–Trinajstić information content (AvgIpc) is 2.58. The first-order valence-electron chi connectivity index (χ1n) is 8.12. The first-order chi connectivity index (χ1) is 12.1. The molecule has 0 spiro atoms. The molecule has 2 aromatic carbocycles. The molecule has 1 amide bonds. The first kappa shape index (κ1) is 19.6. The molecule has 1 N–H and O–H groups in total. The number of carbonyl (C=O) groups is 1. The molecule has 0 bridgehead atoms. The van der Waals surface area contributed by atoms with Gasteiger partial charge in [0.2, 0.25) is 5.91 Å². The summed E-state index contributed by atoms with van der Waals surface area (Å²) in [6.45, 7) is 5.40. The lowest BCUT2D eigenvalue weighted by Crippen LogP contribution is -2.37. The Hall–Kier alpha value is -2.74. The molecule has 0 aromatic heterocycles. The summed E-state index contributed by atoms with van der Waals surface area (Å²) in [5.41, 5.74) is -0.0413. The van der Waals surface area contributed by atoms with Crippen LogP contribution in [0.4, 0.5) is 13.2 Å². The van der Waals surface area contributed by atoms with Crippen molar-refractivity contribution in [2.45, 2.75) is 33.0 Å². The third-order valence-corrected chi connectivity index (χ3v) is 3.66. The normalized spacial score (nSPS) is 12.7. The van der Waals surface area contributed by atoms with Crippen LogP contribution in [0.1, 0.15) is 43.5 Å². The Morgan fingerprint density at radius 2 is 1.54 bits per heavy atom. The Bertz CT molecular complexity index is 807. The van der Waals surface area contributed by atoms with Crippen molar-refractivity contribution in [2.75, 3.05) is 0 Å². The summed E-state index contributed by atoms with van der Waals surface area (Å²) in [4.78, 5) is 12.3. The van der Waals surface area contributed by atoms with Gasteiger partial charge in [-0.15, -0.1) is 0 Å². The van der Waals surface area contributed by atoms with E-state index in [2.05, 4.69) is 17.2 Å². The number of nitrogens with one attached hydrogen (secondary N) is 1. The lowest BCUT2D eigenvalue weighted by Gasteiger charge is -2.21. The second-order valence-corrected chi connectivity index (χ2v) is 6.91. The summed E-state index contributed by atoms with van der Waals surface area (Å²) in [7, 11) is 0.